The predicted molar refractivity (Wildman–Crippen MR) is 129 cm³/mol. The van der Waals surface area contributed by atoms with E-state index in [1.807, 2.05) is 36.4 Å². The normalized spacial score (nSPS) is 12.6. The van der Waals surface area contributed by atoms with Crippen LogP contribution >= 0.6 is 11.3 Å². The molecule has 0 saturated heterocycles. The van der Waals surface area contributed by atoms with Gasteiger partial charge in [0.15, 0.2) is 0 Å². The summed E-state index contributed by atoms with van der Waals surface area (Å²) in [6, 6.07) is 23.4. The van der Waals surface area contributed by atoms with Crippen molar-refractivity contribution in [3.8, 4) is 10.6 Å². The molecular formula is C25H18N4O3S. The highest BCUT2D eigenvalue weighted by Gasteiger charge is 2.27. The molecule has 3 aromatic carbocycles. The van der Waals surface area contributed by atoms with Gasteiger partial charge in [0.2, 0.25) is 5.91 Å². The minimum absolute atomic E-state index is 0.0521. The molecule has 0 radical (unpaired) electrons. The average Bonchev–Trinajstić information content (AvgIpc) is 3.35. The van der Waals surface area contributed by atoms with Gasteiger partial charge in [0.25, 0.3) is 11.8 Å². The summed E-state index contributed by atoms with van der Waals surface area (Å²) in [6.07, 6.45) is 1.55. The van der Waals surface area contributed by atoms with Crippen molar-refractivity contribution < 1.29 is 14.4 Å². The molecule has 2 heterocycles. The van der Waals surface area contributed by atoms with Crippen LogP contribution in [0.15, 0.2) is 85.1 Å². The van der Waals surface area contributed by atoms with Crippen molar-refractivity contribution >= 4 is 46.1 Å². The number of benzene rings is 3. The molecule has 0 aliphatic carbocycles. The summed E-state index contributed by atoms with van der Waals surface area (Å²) >= 11 is 1.31. The zero-order valence-electron chi connectivity index (χ0n) is 17.3. The Morgan fingerprint density at radius 2 is 1.67 bits per heavy atom. The van der Waals surface area contributed by atoms with Crippen LogP contribution in [0.1, 0.15) is 20.0 Å². The number of rotatable bonds is 4. The Kier molecular flexibility index (Phi) is 5.42. The second-order valence-electron chi connectivity index (χ2n) is 7.38. The topological polar surface area (TPSA) is 91.4 Å². The standard InChI is InChI=1S/C25H18N4O3S/c30-22-15-29(20-9-5-4-8-19(20)28-22)25(32)17-10-12-18(13-11-17)27-23(31)21-14-26-24(33-21)16-6-2-1-3-7-16/h1-14H,15H2,(H,27,31)(H,28,30). The smallest absolute Gasteiger partial charge is 0.267 e. The predicted octanol–water partition coefficient (Wildman–Crippen LogP) is 4.66. The Balaban J connectivity index is 1.29. The minimum Gasteiger partial charge on any atom is -0.323 e. The molecule has 33 heavy (non-hydrogen) atoms. The van der Waals surface area contributed by atoms with E-state index >= 15 is 0 Å². The maximum atomic E-state index is 13.1. The molecule has 2 N–H and O–H groups in total. The second kappa shape index (κ2) is 8.68. The van der Waals surface area contributed by atoms with Gasteiger partial charge in [-0.1, -0.05) is 42.5 Å². The number of hydrogen-bond acceptors (Lipinski definition) is 5. The summed E-state index contributed by atoms with van der Waals surface area (Å²) in [6.45, 7) is -0.0521. The van der Waals surface area contributed by atoms with Crippen LogP contribution in [0, 0.1) is 0 Å². The quantitative estimate of drug-likeness (QED) is 0.469. The number of nitrogens with zero attached hydrogens (tertiary/aromatic N) is 2. The Labute approximate surface area is 193 Å². The molecule has 0 spiro atoms. The highest BCUT2D eigenvalue weighted by Crippen LogP contribution is 2.30. The third-order valence-corrected chi connectivity index (χ3v) is 6.20. The number of hydrogen-bond donors (Lipinski definition) is 2. The van der Waals surface area contributed by atoms with Crippen LogP contribution in [-0.4, -0.2) is 29.3 Å². The molecule has 0 fully saturated rings. The van der Waals surface area contributed by atoms with Crippen molar-refractivity contribution in [2.75, 3.05) is 22.1 Å². The van der Waals surface area contributed by atoms with Crippen LogP contribution in [0.5, 0.6) is 0 Å². The van der Waals surface area contributed by atoms with Gasteiger partial charge in [0.1, 0.15) is 16.4 Å². The van der Waals surface area contributed by atoms with E-state index in [-0.39, 0.29) is 24.3 Å². The summed E-state index contributed by atoms with van der Waals surface area (Å²) in [5.74, 6) is -0.800. The molecule has 0 saturated carbocycles. The number of fused-ring (bicyclic) bond motifs is 1. The molecule has 5 rings (SSSR count). The number of anilines is 3. The number of carbonyl (C=O) groups excluding carboxylic acids is 3. The van der Waals surface area contributed by atoms with Gasteiger partial charge in [0.05, 0.1) is 17.6 Å². The number of para-hydroxylation sites is 2. The van der Waals surface area contributed by atoms with Gasteiger partial charge in [-0.15, -0.1) is 11.3 Å². The largest absolute Gasteiger partial charge is 0.323 e. The van der Waals surface area contributed by atoms with Gasteiger partial charge >= 0.3 is 0 Å². The van der Waals surface area contributed by atoms with Gasteiger partial charge < -0.3 is 10.6 Å². The van der Waals surface area contributed by atoms with Gasteiger partial charge in [-0.25, -0.2) is 4.98 Å². The van der Waals surface area contributed by atoms with Crippen molar-refractivity contribution in [2.45, 2.75) is 0 Å². The molecule has 8 heteroatoms. The second-order valence-corrected chi connectivity index (χ2v) is 8.41. The van der Waals surface area contributed by atoms with Crippen LogP contribution in [-0.2, 0) is 4.79 Å². The molecule has 0 bridgehead atoms. The first kappa shape index (κ1) is 20.6. The van der Waals surface area contributed by atoms with Crippen LogP contribution in [0.4, 0.5) is 17.1 Å². The number of thiazole rings is 1. The summed E-state index contributed by atoms with van der Waals surface area (Å²) < 4.78 is 0. The Hall–Kier alpha value is -4.30. The van der Waals surface area contributed by atoms with Crippen molar-refractivity contribution in [1.82, 2.24) is 4.98 Å². The van der Waals surface area contributed by atoms with E-state index in [4.69, 9.17) is 0 Å². The monoisotopic (exact) mass is 454 g/mol. The maximum Gasteiger partial charge on any atom is 0.267 e. The van der Waals surface area contributed by atoms with E-state index in [9.17, 15) is 14.4 Å². The summed E-state index contributed by atoms with van der Waals surface area (Å²) in [5.41, 5.74) is 3.19. The lowest BCUT2D eigenvalue weighted by Gasteiger charge is -2.29. The highest BCUT2D eigenvalue weighted by atomic mass is 32.1. The molecule has 0 atom stereocenters. The van der Waals surface area contributed by atoms with E-state index in [1.165, 1.54) is 16.2 Å². The molecule has 162 valence electrons. The molecule has 4 aromatic rings. The van der Waals surface area contributed by atoms with Crippen molar-refractivity contribution in [2.24, 2.45) is 0 Å². The van der Waals surface area contributed by atoms with E-state index in [1.54, 1.807) is 48.7 Å². The van der Waals surface area contributed by atoms with Crippen molar-refractivity contribution in [1.29, 1.82) is 0 Å². The molecule has 3 amide bonds. The first-order chi connectivity index (χ1) is 16.1. The average molecular weight is 455 g/mol. The van der Waals surface area contributed by atoms with E-state index in [0.717, 1.165) is 10.6 Å². The molecule has 1 aliphatic rings. The third kappa shape index (κ3) is 4.24. The third-order valence-electron chi connectivity index (χ3n) is 5.16. The number of amides is 3. The lowest BCUT2D eigenvalue weighted by molar-refractivity contribution is -0.115. The van der Waals surface area contributed by atoms with Crippen molar-refractivity contribution in [3.63, 3.8) is 0 Å². The molecular weight excluding hydrogens is 436 g/mol. The summed E-state index contributed by atoms with van der Waals surface area (Å²) in [5, 5.41) is 6.37. The first-order valence-electron chi connectivity index (χ1n) is 10.2. The van der Waals surface area contributed by atoms with Crippen LogP contribution < -0.4 is 15.5 Å². The summed E-state index contributed by atoms with van der Waals surface area (Å²) in [7, 11) is 0. The Morgan fingerprint density at radius 3 is 2.45 bits per heavy atom. The lowest BCUT2D eigenvalue weighted by atomic mass is 10.1. The summed E-state index contributed by atoms with van der Waals surface area (Å²) in [4.78, 5) is 44.0. The van der Waals surface area contributed by atoms with Crippen LogP contribution in [0.3, 0.4) is 0 Å². The van der Waals surface area contributed by atoms with Gasteiger partial charge in [0, 0.05) is 16.8 Å². The molecule has 1 aliphatic heterocycles. The Morgan fingerprint density at radius 1 is 0.939 bits per heavy atom. The van der Waals surface area contributed by atoms with E-state index in [0.29, 0.717) is 27.5 Å². The van der Waals surface area contributed by atoms with E-state index < -0.39 is 0 Å². The first-order valence-corrected chi connectivity index (χ1v) is 11.0. The number of carbonyl (C=O) groups is 3. The fourth-order valence-electron chi connectivity index (χ4n) is 3.55. The zero-order valence-corrected chi connectivity index (χ0v) is 18.1. The SMILES string of the molecule is O=C1CN(C(=O)c2ccc(NC(=O)c3cnc(-c4ccccc4)s3)cc2)c2ccccc2N1. The molecule has 1 aromatic heterocycles. The van der Waals surface area contributed by atoms with E-state index in [2.05, 4.69) is 15.6 Å². The van der Waals surface area contributed by atoms with Crippen LogP contribution in [0.25, 0.3) is 10.6 Å². The zero-order chi connectivity index (χ0) is 22.8. The minimum atomic E-state index is -0.287. The Bertz CT molecular complexity index is 1350. The molecule has 0 unspecified atom stereocenters. The van der Waals surface area contributed by atoms with Gasteiger partial charge in [-0.05, 0) is 36.4 Å². The van der Waals surface area contributed by atoms with Gasteiger partial charge in [-0.3, -0.25) is 19.3 Å². The number of aromatic nitrogens is 1. The highest BCUT2D eigenvalue weighted by molar-refractivity contribution is 7.17. The number of nitrogens with one attached hydrogen (secondary N) is 2. The lowest BCUT2D eigenvalue weighted by Crippen LogP contribution is -2.42. The molecule has 7 nitrogen and oxygen atoms in total. The van der Waals surface area contributed by atoms with Gasteiger partial charge in [-0.2, -0.15) is 0 Å². The van der Waals surface area contributed by atoms with Crippen LogP contribution in [0.2, 0.25) is 0 Å². The maximum absolute atomic E-state index is 13.1. The fourth-order valence-corrected chi connectivity index (χ4v) is 4.37. The van der Waals surface area contributed by atoms with Crippen molar-refractivity contribution in [3.05, 3.63) is 95.5 Å². The fraction of sp³-hybridized carbons (Fsp3) is 0.0400.